The molecule has 0 bridgehead atoms. The SMILES string of the molecule is CC(=O)Nc1cc2c(cn1)cnn2-c1csc(C(F)F)n1. The van der Waals surface area contributed by atoms with Gasteiger partial charge in [0.2, 0.25) is 5.91 Å². The maximum absolute atomic E-state index is 12.6. The maximum Gasteiger partial charge on any atom is 0.289 e. The van der Waals surface area contributed by atoms with Crippen molar-refractivity contribution in [2.75, 3.05) is 5.32 Å². The van der Waals surface area contributed by atoms with Gasteiger partial charge >= 0.3 is 0 Å². The minimum atomic E-state index is -2.61. The van der Waals surface area contributed by atoms with Crippen LogP contribution in [0.5, 0.6) is 0 Å². The fourth-order valence-corrected chi connectivity index (χ4v) is 2.46. The first kappa shape index (κ1) is 13.6. The molecule has 3 aromatic heterocycles. The molecule has 6 nitrogen and oxygen atoms in total. The number of aromatic nitrogens is 4. The fourth-order valence-electron chi connectivity index (χ4n) is 1.83. The average molecular weight is 309 g/mol. The highest BCUT2D eigenvalue weighted by atomic mass is 32.1. The molecule has 1 N–H and O–H groups in total. The lowest BCUT2D eigenvalue weighted by Crippen LogP contribution is -2.07. The third kappa shape index (κ3) is 2.59. The highest BCUT2D eigenvalue weighted by Gasteiger charge is 2.15. The van der Waals surface area contributed by atoms with Gasteiger partial charge in [0.1, 0.15) is 5.82 Å². The van der Waals surface area contributed by atoms with Gasteiger partial charge < -0.3 is 5.32 Å². The van der Waals surface area contributed by atoms with E-state index in [0.717, 1.165) is 16.7 Å². The van der Waals surface area contributed by atoms with Crippen molar-refractivity contribution < 1.29 is 13.6 Å². The molecular weight excluding hydrogens is 300 g/mol. The Bertz CT molecular complexity index is 813. The summed E-state index contributed by atoms with van der Waals surface area (Å²) in [5, 5.41) is 8.65. The first-order valence-electron chi connectivity index (χ1n) is 5.90. The van der Waals surface area contributed by atoms with E-state index in [0.29, 0.717) is 17.2 Å². The monoisotopic (exact) mass is 309 g/mol. The summed E-state index contributed by atoms with van der Waals surface area (Å²) < 4.78 is 26.6. The smallest absolute Gasteiger partial charge is 0.289 e. The minimum absolute atomic E-state index is 0.249. The van der Waals surface area contributed by atoms with Gasteiger partial charge in [0.15, 0.2) is 10.8 Å². The van der Waals surface area contributed by atoms with Crippen LogP contribution >= 0.6 is 11.3 Å². The molecule has 0 unspecified atom stereocenters. The fraction of sp³-hybridized carbons (Fsp3) is 0.167. The topological polar surface area (TPSA) is 72.7 Å². The van der Waals surface area contributed by atoms with Crippen LogP contribution in [-0.4, -0.2) is 25.7 Å². The number of anilines is 1. The van der Waals surface area contributed by atoms with E-state index >= 15 is 0 Å². The Morgan fingerprint density at radius 2 is 2.24 bits per heavy atom. The molecule has 0 saturated heterocycles. The van der Waals surface area contributed by atoms with E-state index < -0.39 is 6.43 Å². The van der Waals surface area contributed by atoms with Crippen molar-refractivity contribution in [2.24, 2.45) is 0 Å². The normalized spacial score (nSPS) is 11.2. The van der Waals surface area contributed by atoms with Crippen molar-refractivity contribution in [2.45, 2.75) is 13.3 Å². The van der Waals surface area contributed by atoms with Crippen LogP contribution < -0.4 is 5.32 Å². The van der Waals surface area contributed by atoms with Crippen molar-refractivity contribution in [3.8, 4) is 5.82 Å². The lowest BCUT2D eigenvalue weighted by molar-refractivity contribution is -0.114. The van der Waals surface area contributed by atoms with Gasteiger partial charge in [0.25, 0.3) is 6.43 Å². The van der Waals surface area contributed by atoms with Crippen LogP contribution in [-0.2, 0) is 4.79 Å². The second-order valence-electron chi connectivity index (χ2n) is 4.21. The van der Waals surface area contributed by atoms with Crippen LogP contribution in [0.1, 0.15) is 18.4 Å². The van der Waals surface area contributed by atoms with E-state index in [4.69, 9.17) is 0 Å². The van der Waals surface area contributed by atoms with Crippen LogP contribution in [0.3, 0.4) is 0 Å². The van der Waals surface area contributed by atoms with Crippen LogP contribution in [0.15, 0.2) is 23.8 Å². The van der Waals surface area contributed by atoms with Gasteiger partial charge in [-0.05, 0) is 0 Å². The standard InChI is InChI=1S/C12H9F2N5OS/c1-6(20)17-9-2-8-7(3-15-9)4-16-19(8)10-5-21-12(18-10)11(13)14/h2-5,11H,1H3,(H,15,17,20). The predicted octanol–water partition coefficient (Wildman–Crippen LogP) is 2.77. The van der Waals surface area contributed by atoms with Crippen molar-refractivity contribution in [3.05, 3.63) is 28.8 Å². The van der Waals surface area contributed by atoms with Crippen LogP contribution in [0, 0.1) is 0 Å². The number of alkyl halides is 2. The molecule has 0 radical (unpaired) electrons. The number of nitrogens with one attached hydrogen (secondary N) is 1. The molecule has 9 heteroatoms. The summed E-state index contributed by atoms with van der Waals surface area (Å²) in [7, 11) is 0. The van der Waals surface area contributed by atoms with Crippen molar-refractivity contribution >= 4 is 34.0 Å². The molecule has 0 aromatic carbocycles. The van der Waals surface area contributed by atoms with Crippen molar-refractivity contribution in [1.82, 2.24) is 19.7 Å². The van der Waals surface area contributed by atoms with Gasteiger partial charge in [-0.1, -0.05) is 0 Å². The highest BCUT2D eigenvalue weighted by molar-refractivity contribution is 7.09. The van der Waals surface area contributed by atoms with E-state index in [1.807, 2.05) is 0 Å². The Balaban J connectivity index is 2.06. The van der Waals surface area contributed by atoms with E-state index in [2.05, 4.69) is 20.4 Å². The lowest BCUT2D eigenvalue weighted by Gasteiger charge is -2.02. The molecule has 0 atom stereocenters. The first-order valence-corrected chi connectivity index (χ1v) is 6.78. The third-order valence-electron chi connectivity index (χ3n) is 2.67. The van der Waals surface area contributed by atoms with E-state index in [-0.39, 0.29) is 10.9 Å². The number of fused-ring (bicyclic) bond motifs is 1. The number of halogens is 2. The number of rotatable bonds is 3. The summed E-state index contributed by atoms with van der Waals surface area (Å²) in [6, 6.07) is 1.62. The molecule has 0 spiro atoms. The third-order valence-corrected chi connectivity index (χ3v) is 3.51. The minimum Gasteiger partial charge on any atom is -0.311 e. The number of hydrogen-bond donors (Lipinski definition) is 1. The quantitative estimate of drug-likeness (QED) is 0.807. The zero-order chi connectivity index (χ0) is 15.0. The molecule has 0 aliphatic rings. The molecular formula is C12H9F2N5OS. The zero-order valence-corrected chi connectivity index (χ0v) is 11.6. The number of hydrogen-bond acceptors (Lipinski definition) is 5. The number of carbonyl (C=O) groups is 1. The summed E-state index contributed by atoms with van der Waals surface area (Å²) in [6.45, 7) is 1.37. The molecule has 0 aliphatic heterocycles. The largest absolute Gasteiger partial charge is 0.311 e. The molecule has 108 valence electrons. The molecule has 21 heavy (non-hydrogen) atoms. The molecule has 3 rings (SSSR count). The number of pyridine rings is 1. The lowest BCUT2D eigenvalue weighted by atomic mass is 10.3. The Kier molecular flexibility index (Phi) is 3.34. The summed E-state index contributed by atoms with van der Waals surface area (Å²) in [6.07, 6.45) is 0.494. The van der Waals surface area contributed by atoms with E-state index in [9.17, 15) is 13.6 Å². The summed E-state index contributed by atoms with van der Waals surface area (Å²) in [4.78, 5) is 19.0. The number of nitrogens with zero attached hydrogens (tertiary/aromatic N) is 4. The first-order chi connectivity index (χ1) is 10.0. The number of thiazole rings is 1. The Morgan fingerprint density at radius 3 is 2.90 bits per heavy atom. The Morgan fingerprint density at radius 1 is 1.43 bits per heavy atom. The van der Waals surface area contributed by atoms with Gasteiger partial charge in [0, 0.05) is 30.0 Å². The second kappa shape index (κ2) is 5.17. The summed E-state index contributed by atoms with van der Waals surface area (Å²) in [5.74, 6) is 0.424. The average Bonchev–Trinajstić information content (AvgIpc) is 3.02. The van der Waals surface area contributed by atoms with Gasteiger partial charge in [-0.25, -0.2) is 23.4 Å². The van der Waals surface area contributed by atoms with E-state index in [1.54, 1.807) is 18.5 Å². The Labute approximate surface area is 121 Å². The molecule has 1 amide bonds. The maximum atomic E-state index is 12.6. The summed E-state index contributed by atoms with van der Waals surface area (Å²) in [5.41, 5.74) is 0.625. The Hall–Kier alpha value is -2.42. The van der Waals surface area contributed by atoms with Crippen LogP contribution in [0.2, 0.25) is 0 Å². The van der Waals surface area contributed by atoms with Gasteiger partial charge in [-0.15, -0.1) is 11.3 Å². The second-order valence-corrected chi connectivity index (χ2v) is 5.10. The predicted molar refractivity (Wildman–Crippen MR) is 73.8 cm³/mol. The van der Waals surface area contributed by atoms with Crippen molar-refractivity contribution in [3.63, 3.8) is 0 Å². The highest BCUT2D eigenvalue weighted by Crippen LogP contribution is 2.26. The molecule has 0 fully saturated rings. The van der Waals surface area contributed by atoms with E-state index in [1.165, 1.54) is 17.0 Å². The van der Waals surface area contributed by atoms with Gasteiger partial charge in [-0.3, -0.25) is 4.79 Å². The van der Waals surface area contributed by atoms with Gasteiger partial charge in [0.05, 0.1) is 11.7 Å². The molecule has 0 saturated carbocycles. The molecule has 3 aromatic rings. The molecule has 3 heterocycles. The van der Waals surface area contributed by atoms with Gasteiger partial charge in [-0.2, -0.15) is 5.10 Å². The van der Waals surface area contributed by atoms with Crippen molar-refractivity contribution in [1.29, 1.82) is 0 Å². The number of carbonyl (C=O) groups excluding carboxylic acids is 1. The van der Waals surface area contributed by atoms with Crippen LogP contribution in [0.4, 0.5) is 14.6 Å². The zero-order valence-electron chi connectivity index (χ0n) is 10.7. The van der Waals surface area contributed by atoms with Crippen LogP contribution in [0.25, 0.3) is 16.7 Å². The summed E-state index contributed by atoms with van der Waals surface area (Å²) >= 11 is 0.872. The molecule has 0 aliphatic carbocycles. The number of amides is 1.